The fourth-order valence-electron chi connectivity index (χ4n) is 6.56. The minimum Gasteiger partial charge on any atom is -0.465 e. The molecule has 0 spiro atoms. The van der Waals surface area contributed by atoms with E-state index < -0.39 is 35.0 Å². The Kier molecular flexibility index (Phi) is 4.21. The van der Waals surface area contributed by atoms with Crippen LogP contribution in [0.25, 0.3) is 0 Å². The number of Topliss-reactive ketones (excluding diaryl/α,β-unsaturated/α-hetero) is 1. The smallest absolute Gasteiger partial charge is 0.339 e. The predicted octanol–water partition coefficient (Wildman–Crippen LogP) is 3.61. The van der Waals surface area contributed by atoms with Crippen LogP contribution in [-0.4, -0.2) is 30.7 Å². The Hall–Kier alpha value is -4.06. The van der Waals surface area contributed by atoms with E-state index in [9.17, 15) is 19.2 Å². The molecule has 3 aliphatic carbocycles. The molecule has 3 aromatic rings. The first-order valence-electron chi connectivity index (χ1n) is 11.2. The maximum absolute atomic E-state index is 14.1. The fourth-order valence-corrected chi connectivity index (χ4v) is 6.56. The molecular weight excluding hydrogens is 430 g/mol. The molecule has 34 heavy (non-hydrogen) atoms. The van der Waals surface area contributed by atoms with Crippen molar-refractivity contribution in [1.29, 1.82) is 0 Å². The summed E-state index contributed by atoms with van der Waals surface area (Å²) in [6.07, 6.45) is 0. The van der Waals surface area contributed by atoms with Crippen molar-refractivity contribution >= 4 is 29.3 Å². The zero-order valence-corrected chi connectivity index (χ0v) is 18.6. The number of ether oxygens (including phenoxy) is 1. The van der Waals surface area contributed by atoms with Crippen LogP contribution >= 0.6 is 0 Å². The molecule has 1 saturated heterocycles. The van der Waals surface area contributed by atoms with Gasteiger partial charge in [-0.05, 0) is 41.3 Å². The van der Waals surface area contributed by atoms with Gasteiger partial charge in [0.2, 0.25) is 11.8 Å². The van der Waals surface area contributed by atoms with Crippen molar-refractivity contribution in [3.05, 3.63) is 101 Å². The molecule has 6 nitrogen and oxygen atoms in total. The van der Waals surface area contributed by atoms with Gasteiger partial charge in [-0.2, -0.15) is 0 Å². The summed E-state index contributed by atoms with van der Waals surface area (Å²) >= 11 is 0. The number of rotatable bonds is 3. The zero-order chi connectivity index (χ0) is 23.8. The lowest BCUT2D eigenvalue weighted by atomic mass is 9.46. The maximum Gasteiger partial charge on any atom is 0.339 e. The van der Waals surface area contributed by atoms with Crippen LogP contribution in [0.15, 0.2) is 72.8 Å². The lowest BCUT2D eigenvalue weighted by molar-refractivity contribution is -0.132. The van der Waals surface area contributed by atoms with Crippen LogP contribution in [0.1, 0.15) is 45.5 Å². The molecule has 1 fully saturated rings. The molecule has 0 unspecified atom stereocenters. The monoisotopic (exact) mass is 451 g/mol. The summed E-state index contributed by atoms with van der Waals surface area (Å²) in [7, 11) is 1.25. The average molecular weight is 451 g/mol. The Balaban J connectivity index is 1.65. The number of amides is 2. The summed E-state index contributed by atoms with van der Waals surface area (Å²) in [6, 6.07) is 21.7. The van der Waals surface area contributed by atoms with Crippen LogP contribution in [0.3, 0.4) is 0 Å². The third-order valence-electron chi connectivity index (χ3n) is 7.72. The maximum atomic E-state index is 14.1. The first-order valence-corrected chi connectivity index (χ1v) is 11.2. The van der Waals surface area contributed by atoms with Crippen LogP contribution in [0.5, 0.6) is 0 Å². The largest absolute Gasteiger partial charge is 0.465 e. The van der Waals surface area contributed by atoms with Crippen LogP contribution in [0, 0.1) is 11.8 Å². The van der Waals surface area contributed by atoms with Gasteiger partial charge < -0.3 is 4.74 Å². The molecule has 2 amide bonds. The third-order valence-corrected chi connectivity index (χ3v) is 7.72. The SMILES string of the molecule is COC(=O)c1ccccc1N1C(=O)[C@@H]2C3c4ccccc4C(C(C)=O)(c4ccccc43)[C@H]2C1=O. The second-order valence-corrected chi connectivity index (χ2v) is 9.04. The quantitative estimate of drug-likeness (QED) is 0.449. The Morgan fingerprint density at radius 1 is 0.824 bits per heavy atom. The van der Waals surface area contributed by atoms with Gasteiger partial charge in [0.25, 0.3) is 0 Å². The molecule has 3 aromatic carbocycles. The van der Waals surface area contributed by atoms with Crippen molar-refractivity contribution in [1.82, 2.24) is 0 Å². The number of ketones is 1. The summed E-state index contributed by atoms with van der Waals surface area (Å²) in [5, 5.41) is 0. The highest BCUT2D eigenvalue weighted by Gasteiger charge is 2.70. The van der Waals surface area contributed by atoms with Crippen molar-refractivity contribution in [2.45, 2.75) is 18.3 Å². The highest BCUT2D eigenvalue weighted by atomic mass is 16.5. The van der Waals surface area contributed by atoms with Crippen molar-refractivity contribution in [3.8, 4) is 0 Å². The van der Waals surface area contributed by atoms with Gasteiger partial charge in [-0.15, -0.1) is 0 Å². The van der Waals surface area contributed by atoms with Gasteiger partial charge >= 0.3 is 5.97 Å². The predicted molar refractivity (Wildman–Crippen MR) is 123 cm³/mol. The number of benzene rings is 3. The molecule has 2 atom stereocenters. The average Bonchev–Trinajstić information content (AvgIpc) is 3.13. The number of para-hydroxylation sites is 1. The molecule has 0 saturated carbocycles. The van der Waals surface area contributed by atoms with Gasteiger partial charge in [0.15, 0.2) is 0 Å². The first kappa shape index (κ1) is 20.5. The van der Waals surface area contributed by atoms with Gasteiger partial charge in [0.1, 0.15) is 5.78 Å². The van der Waals surface area contributed by atoms with Crippen molar-refractivity contribution in [3.63, 3.8) is 0 Å². The Bertz CT molecular complexity index is 1380. The first-order chi connectivity index (χ1) is 16.4. The van der Waals surface area contributed by atoms with E-state index in [1.54, 1.807) is 18.2 Å². The van der Waals surface area contributed by atoms with Gasteiger partial charge in [-0.3, -0.25) is 14.4 Å². The molecule has 1 aliphatic heterocycles. The molecule has 0 N–H and O–H groups in total. The standard InChI is InChI=1S/C28H21NO5/c1-15(30)28-19-12-6-3-9-16(19)22(17-10-4-7-13-20(17)28)23-24(28)26(32)29(25(23)31)21-14-8-5-11-18(21)27(33)34-2/h3-14,22-24H,1-2H3/t22?,23-,24-,28?/m1/s1. The highest BCUT2D eigenvalue weighted by Crippen LogP contribution is 2.64. The molecule has 1 heterocycles. The number of hydrogen-bond acceptors (Lipinski definition) is 5. The normalized spacial score (nSPS) is 26.1. The van der Waals surface area contributed by atoms with E-state index in [4.69, 9.17) is 4.74 Å². The Morgan fingerprint density at radius 3 is 1.97 bits per heavy atom. The molecule has 168 valence electrons. The van der Waals surface area contributed by atoms with E-state index >= 15 is 0 Å². The van der Waals surface area contributed by atoms with E-state index in [1.807, 2.05) is 48.5 Å². The van der Waals surface area contributed by atoms with Crippen molar-refractivity contribution in [2.75, 3.05) is 12.0 Å². The summed E-state index contributed by atoms with van der Waals surface area (Å²) < 4.78 is 4.90. The Morgan fingerprint density at radius 2 is 1.38 bits per heavy atom. The number of imide groups is 1. The number of hydrogen-bond donors (Lipinski definition) is 0. The molecule has 7 rings (SSSR count). The van der Waals surface area contributed by atoms with E-state index in [0.717, 1.165) is 27.2 Å². The van der Waals surface area contributed by atoms with Crippen molar-refractivity contribution < 1.29 is 23.9 Å². The van der Waals surface area contributed by atoms with E-state index in [0.29, 0.717) is 0 Å². The minimum atomic E-state index is -1.27. The van der Waals surface area contributed by atoms with Gasteiger partial charge in [-0.1, -0.05) is 60.7 Å². The minimum absolute atomic E-state index is 0.129. The zero-order valence-electron chi connectivity index (χ0n) is 18.6. The van der Waals surface area contributed by atoms with Gasteiger partial charge in [0, 0.05) is 5.92 Å². The van der Waals surface area contributed by atoms with E-state index in [2.05, 4.69) is 0 Å². The number of nitrogens with zero attached hydrogens (tertiary/aromatic N) is 1. The second-order valence-electron chi connectivity index (χ2n) is 9.04. The summed E-state index contributed by atoms with van der Waals surface area (Å²) in [4.78, 5) is 55.3. The molecule has 4 aliphatic rings. The molecule has 0 aromatic heterocycles. The summed E-state index contributed by atoms with van der Waals surface area (Å²) in [5.74, 6) is -3.66. The number of methoxy groups -OCH3 is 1. The van der Waals surface area contributed by atoms with Crippen LogP contribution in [0.2, 0.25) is 0 Å². The molecule has 6 heteroatoms. The van der Waals surface area contributed by atoms with Crippen molar-refractivity contribution in [2.24, 2.45) is 11.8 Å². The van der Waals surface area contributed by atoms with E-state index in [1.165, 1.54) is 20.1 Å². The lowest BCUT2D eigenvalue weighted by Crippen LogP contribution is -2.57. The third kappa shape index (κ3) is 2.25. The molecular formula is C28H21NO5. The van der Waals surface area contributed by atoms with Crippen LogP contribution < -0.4 is 4.90 Å². The number of anilines is 1. The molecule has 2 bridgehead atoms. The number of carbonyl (C=O) groups is 4. The second kappa shape index (κ2) is 6.97. The van der Waals surface area contributed by atoms with Crippen LogP contribution in [0.4, 0.5) is 5.69 Å². The van der Waals surface area contributed by atoms with Gasteiger partial charge in [0.05, 0.1) is 35.6 Å². The van der Waals surface area contributed by atoms with E-state index in [-0.39, 0.29) is 23.0 Å². The van der Waals surface area contributed by atoms with Gasteiger partial charge in [-0.25, -0.2) is 9.69 Å². The lowest BCUT2D eigenvalue weighted by Gasteiger charge is -2.52. The summed E-state index contributed by atoms with van der Waals surface area (Å²) in [6.45, 7) is 1.50. The Labute approximate surface area is 196 Å². The highest BCUT2D eigenvalue weighted by molar-refractivity contribution is 6.27. The van der Waals surface area contributed by atoms with Crippen LogP contribution in [-0.2, 0) is 24.5 Å². The summed E-state index contributed by atoms with van der Waals surface area (Å²) in [5.41, 5.74) is 2.43. The fraction of sp³-hybridized carbons (Fsp3) is 0.214. The number of carbonyl (C=O) groups excluding carboxylic acids is 4. The topological polar surface area (TPSA) is 80.8 Å². The number of esters is 1. The molecule has 0 radical (unpaired) electrons.